The van der Waals surface area contributed by atoms with Crippen molar-refractivity contribution in [3.8, 4) is 5.75 Å². The van der Waals surface area contributed by atoms with Gasteiger partial charge >= 0.3 is 0 Å². The van der Waals surface area contributed by atoms with Gasteiger partial charge in [-0.25, -0.2) is 10.4 Å². The van der Waals surface area contributed by atoms with Crippen molar-refractivity contribution < 1.29 is 9.53 Å². The second-order valence-corrected chi connectivity index (χ2v) is 7.67. The number of benzene rings is 2. The Bertz CT molecular complexity index is 875. The number of hydrogen-bond donors (Lipinski definition) is 1. The number of nitrogens with one attached hydrogen (secondary N) is 1. The molecule has 3 rings (SSSR count). The van der Waals surface area contributed by atoms with Gasteiger partial charge in [-0.3, -0.25) is 4.79 Å². The summed E-state index contributed by atoms with van der Waals surface area (Å²) in [7, 11) is 0. The quantitative estimate of drug-likeness (QED) is 0.356. The maximum absolute atomic E-state index is 12.0. The highest BCUT2D eigenvalue weighted by Crippen LogP contribution is 2.29. The van der Waals surface area contributed by atoms with Crippen LogP contribution in [0, 0.1) is 0 Å². The van der Waals surface area contributed by atoms with Crippen molar-refractivity contribution in [2.75, 3.05) is 12.4 Å². The van der Waals surface area contributed by atoms with Gasteiger partial charge in [0.2, 0.25) is 0 Å². The molecule has 0 aliphatic carbocycles. The van der Waals surface area contributed by atoms with E-state index in [1.165, 1.54) is 11.8 Å². The maximum Gasteiger partial charge on any atom is 0.250 e. The van der Waals surface area contributed by atoms with Crippen LogP contribution in [0.2, 0.25) is 0 Å². The molecular weight excluding hydrogens is 366 g/mol. The first-order chi connectivity index (χ1) is 12.8. The first-order valence-electron chi connectivity index (χ1n) is 8.28. The molecule has 5 nitrogen and oxygen atoms in total. The Morgan fingerprint density at radius 2 is 2.08 bits per heavy atom. The van der Waals surface area contributed by atoms with E-state index in [4.69, 9.17) is 4.74 Å². The van der Waals surface area contributed by atoms with Crippen LogP contribution in [0.4, 0.5) is 0 Å². The smallest absolute Gasteiger partial charge is 0.250 e. The van der Waals surface area contributed by atoms with Gasteiger partial charge in [0.25, 0.3) is 5.91 Å². The minimum atomic E-state index is -0.169. The van der Waals surface area contributed by atoms with E-state index in [1.807, 2.05) is 48.5 Å². The van der Waals surface area contributed by atoms with Crippen LogP contribution in [0.15, 0.2) is 58.0 Å². The fourth-order valence-electron chi connectivity index (χ4n) is 2.18. The van der Waals surface area contributed by atoms with Crippen LogP contribution >= 0.6 is 23.1 Å². The van der Waals surface area contributed by atoms with Gasteiger partial charge in [-0.05, 0) is 30.7 Å². The molecular formula is C19H19N3O2S2. The van der Waals surface area contributed by atoms with Gasteiger partial charge in [0, 0.05) is 5.56 Å². The van der Waals surface area contributed by atoms with Gasteiger partial charge in [-0.2, -0.15) is 5.10 Å². The van der Waals surface area contributed by atoms with Crippen LogP contribution in [-0.4, -0.2) is 29.5 Å². The van der Waals surface area contributed by atoms with Crippen LogP contribution in [0.3, 0.4) is 0 Å². The lowest BCUT2D eigenvalue weighted by Crippen LogP contribution is -2.19. The fourth-order valence-corrected chi connectivity index (χ4v) is 4.04. The number of nitrogens with zero attached hydrogens (tertiary/aromatic N) is 2. The molecule has 0 fully saturated rings. The molecule has 7 heteroatoms. The summed E-state index contributed by atoms with van der Waals surface area (Å²) in [5.74, 6) is 0.860. The molecule has 0 saturated carbocycles. The number of hydrazone groups is 1. The molecule has 134 valence electrons. The third-order valence-corrected chi connectivity index (χ3v) is 5.55. The second kappa shape index (κ2) is 9.35. The van der Waals surface area contributed by atoms with Gasteiger partial charge < -0.3 is 4.74 Å². The van der Waals surface area contributed by atoms with Crippen molar-refractivity contribution in [2.45, 2.75) is 17.7 Å². The Labute approximate surface area is 160 Å². The van der Waals surface area contributed by atoms with Crippen molar-refractivity contribution in [1.29, 1.82) is 0 Å². The average Bonchev–Trinajstić information content (AvgIpc) is 3.08. The van der Waals surface area contributed by atoms with Gasteiger partial charge in [0.1, 0.15) is 5.75 Å². The van der Waals surface area contributed by atoms with E-state index in [1.54, 1.807) is 17.6 Å². The van der Waals surface area contributed by atoms with Crippen LogP contribution < -0.4 is 10.2 Å². The van der Waals surface area contributed by atoms with E-state index in [-0.39, 0.29) is 11.7 Å². The molecule has 0 saturated heterocycles. The van der Waals surface area contributed by atoms with Crippen molar-refractivity contribution in [2.24, 2.45) is 5.10 Å². The van der Waals surface area contributed by atoms with E-state index in [2.05, 4.69) is 22.4 Å². The zero-order valence-corrected chi connectivity index (χ0v) is 16.0. The second-order valence-electron chi connectivity index (χ2n) is 5.42. The molecule has 1 amide bonds. The van der Waals surface area contributed by atoms with Crippen LogP contribution in [0.1, 0.15) is 18.9 Å². The van der Waals surface area contributed by atoms with E-state index in [0.717, 1.165) is 32.3 Å². The molecule has 0 aliphatic rings. The number of carbonyl (C=O) groups excluding carboxylic acids is 1. The lowest BCUT2D eigenvalue weighted by atomic mass is 10.2. The van der Waals surface area contributed by atoms with E-state index < -0.39 is 0 Å². The fraction of sp³-hybridized carbons (Fsp3) is 0.211. The average molecular weight is 386 g/mol. The summed E-state index contributed by atoms with van der Waals surface area (Å²) in [4.78, 5) is 16.5. The van der Waals surface area contributed by atoms with E-state index in [9.17, 15) is 4.79 Å². The number of aromatic nitrogens is 1. The molecule has 0 radical (unpaired) electrons. The molecule has 0 bridgehead atoms. The molecule has 0 unspecified atom stereocenters. The van der Waals surface area contributed by atoms with Gasteiger partial charge in [-0.15, -0.1) is 11.3 Å². The Hall–Kier alpha value is -2.38. The number of hydrogen-bond acceptors (Lipinski definition) is 6. The van der Waals surface area contributed by atoms with Gasteiger partial charge in [-0.1, -0.05) is 43.0 Å². The largest absolute Gasteiger partial charge is 0.493 e. The maximum atomic E-state index is 12.0. The van der Waals surface area contributed by atoms with E-state index in [0.29, 0.717) is 6.61 Å². The Morgan fingerprint density at radius 3 is 2.92 bits per heavy atom. The summed E-state index contributed by atoms with van der Waals surface area (Å²) in [6.07, 6.45) is 2.54. The van der Waals surface area contributed by atoms with Crippen LogP contribution in [0.25, 0.3) is 10.2 Å². The number of fused-ring (bicyclic) bond motifs is 1. The van der Waals surface area contributed by atoms with Crippen molar-refractivity contribution in [1.82, 2.24) is 10.4 Å². The topological polar surface area (TPSA) is 63.6 Å². The SMILES string of the molecule is CCCOc1ccccc1/C=N\NC(=O)CSc1nc2ccccc2s1. The Kier molecular flexibility index (Phi) is 6.62. The molecule has 2 aromatic carbocycles. The Balaban J connectivity index is 1.51. The number of rotatable bonds is 8. The highest BCUT2D eigenvalue weighted by atomic mass is 32.2. The summed E-state index contributed by atoms with van der Waals surface area (Å²) in [5.41, 5.74) is 4.34. The number of ether oxygens (including phenoxy) is 1. The van der Waals surface area contributed by atoms with Gasteiger partial charge in [0.15, 0.2) is 4.34 Å². The van der Waals surface area contributed by atoms with Crippen LogP contribution in [-0.2, 0) is 4.79 Å². The summed E-state index contributed by atoms with van der Waals surface area (Å²) in [5, 5.41) is 4.03. The monoisotopic (exact) mass is 385 g/mol. The Morgan fingerprint density at radius 1 is 1.27 bits per heavy atom. The molecule has 1 heterocycles. The van der Waals surface area contributed by atoms with Crippen molar-refractivity contribution >= 4 is 45.4 Å². The molecule has 26 heavy (non-hydrogen) atoms. The number of thioether (sulfide) groups is 1. The number of carbonyl (C=O) groups is 1. The third kappa shape index (κ3) is 5.06. The standard InChI is InChI=1S/C19H19N3O2S2/c1-2-11-24-16-9-5-3-7-14(16)12-20-22-18(23)13-25-19-21-15-8-4-6-10-17(15)26-19/h3-10,12H,2,11,13H2,1H3,(H,22,23)/b20-12-. The zero-order chi connectivity index (χ0) is 18.2. The molecule has 3 aromatic rings. The number of para-hydroxylation sites is 2. The minimum Gasteiger partial charge on any atom is -0.493 e. The highest BCUT2D eigenvalue weighted by molar-refractivity contribution is 8.01. The lowest BCUT2D eigenvalue weighted by molar-refractivity contribution is -0.118. The molecule has 0 atom stereocenters. The highest BCUT2D eigenvalue weighted by Gasteiger charge is 2.07. The summed E-state index contributed by atoms with van der Waals surface area (Å²) in [6, 6.07) is 15.6. The summed E-state index contributed by atoms with van der Waals surface area (Å²) in [6.45, 7) is 2.70. The van der Waals surface area contributed by atoms with Crippen LogP contribution in [0.5, 0.6) is 5.75 Å². The number of amides is 1. The predicted molar refractivity (Wildman–Crippen MR) is 108 cm³/mol. The molecule has 0 aliphatic heterocycles. The normalized spacial score (nSPS) is 11.1. The first-order valence-corrected chi connectivity index (χ1v) is 10.1. The van der Waals surface area contributed by atoms with E-state index >= 15 is 0 Å². The predicted octanol–water partition coefficient (Wildman–Crippen LogP) is 4.33. The molecule has 1 aromatic heterocycles. The van der Waals surface area contributed by atoms with Crippen molar-refractivity contribution in [3.63, 3.8) is 0 Å². The third-order valence-electron chi connectivity index (χ3n) is 3.37. The summed E-state index contributed by atoms with van der Waals surface area (Å²) >= 11 is 3.00. The minimum absolute atomic E-state index is 0.169. The lowest BCUT2D eigenvalue weighted by Gasteiger charge is -2.07. The summed E-state index contributed by atoms with van der Waals surface area (Å²) < 4.78 is 7.66. The first kappa shape index (κ1) is 18.4. The van der Waals surface area contributed by atoms with Gasteiger partial charge in [0.05, 0.1) is 28.8 Å². The molecule has 1 N–H and O–H groups in total. The number of thiazole rings is 1. The molecule has 0 spiro atoms. The van der Waals surface area contributed by atoms with Crippen molar-refractivity contribution in [3.05, 3.63) is 54.1 Å². The zero-order valence-electron chi connectivity index (χ0n) is 14.3.